The van der Waals surface area contributed by atoms with Crippen LogP contribution in [0.2, 0.25) is 0 Å². The second kappa shape index (κ2) is 11.3. The van der Waals surface area contributed by atoms with Crippen LogP contribution in [-0.2, 0) is 4.79 Å². The lowest BCUT2D eigenvalue weighted by Gasteiger charge is -2.47. The summed E-state index contributed by atoms with van der Waals surface area (Å²) in [4.78, 5) is 15.6. The van der Waals surface area contributed by atoms with Gasteiger partial charge in [0.2, 0.25) is 5.91 Å². The molecule has 3 saturated heterocycles. The van der Waals surface area contributed by atoms with E-state index in [2.05, 4.69) is 43.3 Å². The van der Waals surface area contributed by atoms with E-state index in [9.17, 15) is 9.90 Å². The van der Waals surface area contributed by atoms with Gasteiger partial charge < -0.3 is 20.1 Å². The van der Waals surface area contributed by atoms with Crippen LogP contribution < -0.4 is 26.0 Å². The van der Waals surface area contributed by atoms with E-state index < -0.39 is 5.60 Å². The number of benzene rings is 1. The average Bonchev–Trinajstić information content (AvgIpc) is 3.13. The molecule has 5 rings (SSSR count). The molecule has 2 bridgehead atoms. The lowest BCUT2D eigenvalue weighted by Crippen LogP contribution is -2.69. The third kappa shape index (κ3) is 5.94. The molecule has 10 nitrogen and oxygen atoms in total. The monoisotopic (exact) mass is 513 g/mol. The van der Waals surface area contributed by atoms with Crippen LogP contribution in [0.4, 0.5) is 5.69 Å². The van der Waals surface area contributed by atoms with Crippen LogP contribution in [0.1, 0.15) is 39.0 Å². The second-order valence-electron chi connectivity index (χ2n) is 11.2. The molecule has 4 aliphatic rings. The number of hydrogen-bond donors (Lipinski definition) is 5. The standard InChI is InChI=1S/C27H43N7O3/c1-27(36)13-5-4-6-14-33-25(35)21-18-28-26(31-24(21)34(33)23-12-8-11-22(27)30-23)29-19-9-7-10-20(17-19)37-16-15-32(2)3/h4,6-7,9-10,17,21-24,26,28-31,36H,5,8,11-16,18H2,1-3H3/b6-4-/t21?,22?,23?,24?,26?,27-/m0/s1. The maximum atomic E-state index is 13.5. The maximum Gasteiger partial charge on any atom is 0.244 e. The number of carbonyl (C=O) groups is 1. The van der Waals surface area contributed by atoms with Crippen LogP contribution in [0.5, 0.6) is 5.75 Å². The quantitative estimate of drug-likeness (QED) is 0.358. The molecule has 204 valence electrons. The predicted molar refractivity (Wildman–Crippen MR) is 143 cm³/mol. The molecule has 5 unspecified atom stereocenters. The lowest BCUT2D eigenvalue weighted by atomic mass is 9.85. The van der Waals surface area contributed by atoms with E-state index in [0.717, 1.165) is 43.7 Å². The normalized spacial score (nSPS) is 35.4. The zero-order valence-corrected chi connectivity index (χ0v) is 22.3. The first kappa shape index (κ1) is 26.4. The first-order valence-electron chi connectivity index (χ1n) is 13.7. The number of nitrogens with zero attached hydrogens (tertiary/aromatic N) is 3. The molecule has 0 aromatic heterocycles. The smallest absolute Gasteiger partial charge is 0.244 e. The summed E-state index contributed by atoms with van der Waals surface area (Å²) in [5.74, 6) is 0.781. The zero-order valence-electron chi connectivity index (χ0n) is 22.3. The molecule has 1 amide bonds. The molecule has 37 heavy (non-hydrogen) atoms. The van der Waals surface area contributed by atoms with Gasteiger partial charge in [0.15, 0.2) is 0 Å². The summed E-state index contributed by atoms with van der Waals surface area (Å²) in [6.07, 6.45) is 8.19. The van der Waals surface area contributed by atoms with Crippen molar-refractivity contribution in [1.29, 1.82) is 0 Å². The zero-order chi connectivity index (χ0) is 26.0. The minimum Gasteiger partial charge on any atom is -0.492 e. The molecule has 4 aliphatic heterocycles. The summed E-state index contributed by atoms with van der Waals surface area (Å²) in [6, 6.07) is 7.98. The van der Waals surface area contributed by atoms with E-state index >= 15 is 0 Å². The highest BCUT2D eigenvalue weighted by Crippen LogP contribution is 2.34. The number of hydrogen-bond acceptors (Lipinski definition) is 9. The molecule has 4 heterocycles. The number of carbonyl (C=O) groups excluding carboxylic acids is 1. The first-order chi connectivity index (χ1) is 17.8. The molecule has 0 radical (unpaired) electrons. The van der Waals surface area contributed by atoms with Crippen LogP contribution in [0.25, 0.3) is 0 Å². The molecule has 0 saturated carbocycles. The molecule has 6 atom stereocenters. The van der Waals surface area contributed by atoms with Crippen molar-refractivity contribution in [3.63, 3.8) is 0 Å². The molecule has 10 heteroatoms. The van der Waals surface area contributed by atoms with Crippen molar-refractivity contribution in [3.05, 3.63) is 36.4 Å². The molecule has 3 fully saturated rings. The Kier molecular flexibility index (Phi) is 8.04. The molecule has 5 N–H and O–H groups in total. The summed E-state index contributed by atoms with van der Waals surface area (Å²) < 4.78 is 5.90. The van der Waals surface area contributed by atoms with E-state index in [1.54, 1.807) is 0 Å². The summed E-state index contributed by atoms with van der Waals surface area (Å²) in [5, 5.41) is 29.7. The summed E-state index contributed by atoms with van der Waals surface area (Å²) in [5.41, 5.74) is 0.159. The Bertz CT molecular complexity index is 971. The van der Waals surface area contributed by atoms with Gasteiger partial charge >= 0.3 is 0 Å². The fourth-order valence-electron chi connectivity index (χ4n) is 5.92. The van der Waals surface area contributed by atoms with E-state index in [1.807, 2.05) is 50.3 Å². The van der Waals surface area contributed by atoms with E-state index in [4.69, 9.17) is 4.74 Å². The van der Waals surface area contributed by atoms with Crippen LogP contribution in [0, 0.1) is 5.92 Å². The number of piperidine rings is 1. The number of anilines is 1. The van der Waals surface area contributed by atoms with E-state index in [1.165, 1.54) is 0 Å². The number of ether oxygens (including phenoxy) is 1. The third-order valence-corrected chi connectivity index (χ3v) is 8.04. The number of likely N-dealkylation sites (N-methyl/N-ethyl adjacent to an activating group) is 1. The average molecular weight is 514 g/mol. The SMILES string of the molecule is CN(C)CCOc1cccc(NC2NCC3C(=O)N4C/C=C\CC[C@](C)(O)C5CCCC(N5)N4C3N2)c1. The topological polar surface area (TPSA) is 104 Å². The van der Waals surface area contributed by atoms with Crippen LogP contribution in [0.3, 0.4) is 0 Å². The van der Waals surface area contributed by atoms with Crippen molar-refractivity contribution in [2.45, 2.75) is 69.3 Å². The van der Waals surface area contributed by atoms with Gasteiger partial charge in [0.25, 0.3) is 0 Å². The van der Waals surface area contributed by atoms with Gasteiger partial charge in [0.05, 0.1) is 30.4 Å². The van der Waals surface area contributed by atoms with Gasteiger partial charge in [-0.25, -0.2) is 0 Å². The van der Waals surface area contributed by atoms with E-state index in [-0.39, 0.29) is 36.5 Å². The summed E-state index contributed by atoms with van der Waals surface area (Å²) in [6.45, 7) is 4.55. The molecular formula is C27H43N7O3. The number of rotatable bonds is 6. The molecule has 1 aromatic carbocycles. The second-order valence-corrected chi connectivity index (χ2v) is 11.2. The Morgan fingerprint density at radius 2 is 2.11 bits per heavy atom. The Hall–Kier alpha value is -2.21. The van der Waals surface area contributed by atoms with Gasteiger partial charge in [-0.3, -0.25) is 25.8 Å². The largest absolute Gasteiger partial charge is 0.492 e. The van der Waals surface area contributed by atoms with Crippen molar-refractivity contribution in [2.75, 3.05) is 45.7 Å². The van der Waals surface area contributed by atoms with E-state index in [0.29, 0.717) is 26.1 Å². The highest BCUT2D eigenvalue weighted by Gasteiger charge is 2.52. The van der Waals surface area contributed by atoms with Gasteiger partial charge in [0.1, 0.15) is 18.6 Å². The molecule has 0 spiro atoms. The predicted octanol–water partition coefficient (Wildman–Crippen LogP) is 1.09. The lowest BCUT2D eigenvalue weighted by molar-refractivity contribution is -0.146. The van der Waals surface area contributed by atoms with Gasteiger partial charge in [-0.1, -0.05) is 18.2 Å². The van der Waals surface area contributed by atoms with Gasteiger partial charge in [-0.2, -0.15) is 5.01 Å². The maximum absolute atomic E-state index is 13.5. The fourth-order valence-corrected chi connectivity index (χ4v) is 5.92. The molecule has 1 aromatic rings. The van der Waals surface area contributed by atoms with Crippen molar-refractivity contribution in [3.8, 4) is 5.75 Å². The Balaban J connectivity index is 1.31. The van der Waals surface area contributed by atoms with Crippen molar-refractivity contribution in [2.24, 2.45) is 5.92 Å². The number of nitrogens with one attached hydrogen (secondary N) is 4. The molecular weight excluding hydrogens is 470 g/mol. The number of aliphatic hydroxyl groups is 1. The van der Waals surface area contributed by atoms with Crippen LogP contribution >= 0.6 is 0 Å². The number of fused-ring (bicyclic) bond motifs is 6. The number of allylic oxidation sites excluding steroid dienone is 1. The fraction of sp³-hybridized carbons (Fsp3) is 0.667. The minimum atomic E-state index is -0.785. The van der Waals surface area contributed by atoms with Crippen molar-refractivity contribution >= 4 is 11.6 Å². The van der Waals surface area contributed by atoms with Gasteiger partial charge in [0, 0.05) is 30.9 Å². The highest BCUT2D eigenvalue weighted by molar-refractivity contribution is 5.82. The molecule has 0 aliphatic carbocycles. The number of hydrazine groups is 1. The third-order valence-electron chi connectivity index (χ3n) is 8.04. The Morgan fingerprint density at radius 1 is 1.24 bits per heavy atom. The first-order valence-corrected chi connectivity index (χ1v) is 13.7. The van der Waals surface area contributed by atoms with Crippen LogP contribution in [0.15, 0.2) is 36.4 Å². The highest BCUT2D eigenvalue weighted by atomic mass is 16.5. The number of amides is 1. The van der Waals surface area contributed by atoms with Crippen molar-refractivity contribution < 1.29 is 14.6 Å². The summed E-state index contributed by atoms with van der Waals surface area (Å²) in [7, 11) is 4.06. The Labute approximate surface area is 220 Å². The van der Waals surface area contributed by atoms with Crippen LogP contribution in [-0.4, -0.2) is 96.5 Å². The van der Waals surface area contributed by atoms with Crippen molar-refractivity contribution in [1.82, 2.24) is 30.9 Å². The van der Waals surface area contributed by atoms with Gasteiger partial charge in [-0.05, 0) is 65.3 Å². The summed E-state index contributed by atoms with van der Waals surface area (Å²) >= 11 is 0. The van der Waals surface area contributed by atoms with Gasteiger partial charge in [-0.15, -0.1) is 0 Å². The Morgan fingerprint density at radius 3 is 2.95 bits per heavy atom. The minimum absolute atomic E-state index is 0.000347.